The third-order valence-electron chi connectivity index (χ3n) is 2.94. The van der Waals surface area contributed by atoms with Crippen molar-refractivity contribution in [2.75, 3.05) is 16.4 Å². The molecule has 0 spiro atoms. The molecule has 0 radical (unpaired) electrons. The monoisotopic (exact) mass is 326 g/mol. The summed E-state index contributed by atoms with van der Waals surface area (Å²) in [5.74, 6) is -0.794. The number of carbonyl (C=O) groups excluding carboxylic acids is 1. The van der Waals surface area contributed by atoms with Crippen molar-refractivity contribution >= 4 is 45.5 Å². The van der Waals surface area contributed by atoms with Crippen molar-refractivity contribution < 1.29 is 9.18 Å². The molecule has 1 aliphatic rings. The van der Waals surface area contributed by atoms with Crippen LogP contribution in [-0.2, 0) is 0 Å². The van der Waals surface area contributed by atoms with Gasteiger partial charge in [0, 0.05) is 6.04 Å². The molecule has 2 aromatic rings. The summed E-state index contributed by atoms with van der Waals surface area (Å²) in [5.41, 5.74) is 5.95. The summed E-state index contributed by atoms with van der Waals surface area (Å²) >= 11 is 7.08. The second kappa shape index (κ2) is 5.50. The lowest BCUT2D eigenvalue weighted by molar-refractivity contribution is 0.103. The molecule has 1 aromatic carbocycles. The van der Waals surface area contributed by atoms with Gasteiger partial charge in [0.2, 0.25) is 0 Å². The minimum absolute atomic E-state index is 0.146. The number of hydrogen-bond donors (Lipinski definition) is 3. The Morgan fingerprint density at radius 1 is 1.48 bits per heavy atom. The summed E-state index contributed by atoms with van der Waals surface area (Å²) in [6, 6.07) is 4.17. The van der Waals surface area contributed by atoms with Gasteiger partial charge in [-0.3, -0.25) is 4.79 Å². The molecular formula is C13H12ClFN4OS. The number of carbonyl (C=O) groups is 1. The Kier molecular flexibility index (Phi) is 3.69. The maximum atomic E-state index is 13.2. The molecule has 1 saturated carbocycles. The molecule has 0 aliphatic heterocycles. The molecular weight excluding hydrogens is 315 g/mol. The maximum Gasteiger partial charge on any atom is 0.269 e. The van der Waals surface area contributed by atoms with Gasteiger partial charge in [0.05, 0.1) is 10.7 Å². The first-order chi connectivity index (χ1) is 10.0. The molecule has 110 valence electrons. The highest BCUT2D eigenvalue weighted by Crippen LogP contribution is 2.31. The number of halogens is 2. The quantitative estimate of drug-likeness (QED) is 0.805. The maximum absolute atomic E-state index is 13.2. The number of nitrogens with two attached hydrogens (primary N) is 1. The highest BCUT2D eigenvalue weighted by atomic mass is 35.5. The van der Waals surface area contributed by atoms with Crippen LogP contribution in [0.2, 0.25) is 5.02 Å². The van der Waals surface area contributed by atoms with E-state index in [9.17, 15) is 9.18 Å². The van der Waals surface area contributed by atoms with Crippen LogP contribution in [0.3, 0.4) is 0 Å². The van der Waals surface area contributed by atoms with Crippen LogP contribution in [0.25, 0.3) is 0 Å². The van der Waals surface area contributed by atoms with Gasteiger partial charge in [-0.2, -0.15) is 0 Å². The van der Waals surface area contributed by atoms with E-state index in [0.717, 1.165) is 18.9 Å². The average molecular weight is 327 g/mol. The molecule has 1 heterocycles. The summed E-state index contributed by atoms with van der Waals surface area (Å²) in [6.45, 7) is 0. The summed E-state index contributed by atoms with van der Waals surface area (Å²) in [5, 5.41) is 6.59. The zero-order valence-electron chi connectivity index (χ0n) is 10.8. The molecule has 4 N–H and O–H groups in total. The molecule has 3 rings (SSSR count). The van der Waals surface area contributed by atoms with Crippen LogP contribution in [0.4, 0.5) is 21.0 Å². The van der Waals surface area contributed by atoms with Crippen molar-refractivity contribution in [2.24, 2.45) is 0 Å². The molecule has 8 heteroatoms. The van der Waals surface area contributed by atoms with Gasteiger partial charge in [0.25, 0.3) is 5.91 Å². The van der Waals surface area contributed by atoms with Crippen molar-refractivity contribution in [1.82, 2.24) is 4.98 Å². The third-order valence-corrected chi connectivity index (χ3v) is 4.27. The van der Waals surface area contributed by atoms with E-state index in [2.05, 4.69) is 15.6 Å². The number of rotatable bonds is 4. The molecule has 0 atom stereocenters. The van der Waals surface area contributed by atoms with Crippen LogP contribution in [0, 0.1) is 5.82 Å². The largest absolute Gasteiger partial charge is 0.382 e. The van der Waals surface area contributed by atoms with Crippen molar-refractivity contribution in [2.45, 2.75) is 18.9 Å². The van der Waals surface area contributed by atoms with Crippen LogP contribution in [0.1, 0.15) is 22.5 Å². The van der Waals surface area contributed by atoms with Gasteiger partial charge >= 0.3 is 0 Å². The molecule has 1 aromatic heterocycles. The minimum Gasteiger partial charge on any atom is -0.382 e. The summed E-state index contributed by atoms with van der Waals surface area (Å²) in [4.78, 5) is 16.6. The van der Waals surface area contributed by atoms with E-state index in [1.165, 1.54) is 23.5 Å². The topological polar surface area (TPSA) is 80.0 Å². The second-order valence-electron chi connectivity index (χ2n) is 4.73. The van der Waals surface area contributed by atoms with E-state index in [1.54, 1.807) is 0 Å². The van der Waals surface area contributed by atoms with E-state index in [0.29, 0.717) is 11.2 Å². The average Bonchev–Trinajstić information content (AvgIpc) is 3.16. The fourth-order valence-electron chi connectivity index (χ4n) is 1.73. The zero-order valence-corrected chi connectivity index (χ0v) is 12.4. The second-order valence-corrected chi connectivity index (χ2v) is 6.14. The van der Waals surface area contributed by atoms with Crippen molar-refractivity contribution in [1.29, 1.82) is 0 Å². The number of nitrogens with zero attached hydrogens (tertiary/aromatic N) is 1. The Bertz CT molecular complexity index is 701. The van der Waals surface area contributed by atoms with Crippen molar-refractivity contribution in [3.05, 3.63) is 33.9 Å². The van der Waals surface area contributed by atoms with Crippen LogP contribution in [0.5, 0.6) is 0 Å². The predicted octanol–water partition coefficient (Wildman–Crippen LogP) is 3.34. The number of amides is 1. The number of thiazole rings is 1. The van der Waals surface area contributed by atoms with Crippen molar-refractivity contribution in [3.63, 3.8) is 0 Å². The fraction of sp³-hybridized carbons (Fsp3) is 0.231. The molecule has 0 saturated heterocycles. The normalized spacial score (nSPS) is 14.0. The highest BCUT2D eigenvalue weighted by molar-refractivity contribution is 7.18. The fourth-order valence-corrected chi connectivity index (χ4v) is 2.75. The Balaban J connectivity index is 1.78. The lowest BCUT2D eigenvalue weighted by atomic mass is 10.3. The molecule has 5 nitrogen and oxygen atoms in total. The number of anilines is 3. The first kappa shape index (κ1) is 14.1. The lowest BCUT2D eigenvalue weighted by Gasteiger charge is -2.06. The number of benzene rings is 1. The highest BCUT2D eigenvalue weighted by Gasteiger charge is 2.24. The van der Waals surface area contributed by atoms with Crippen LogP contribution in [0.15, 0.2) is 18.2 Å². The number of aromatic nitrogens is 1. The summed E-state index contributed by atoms with van der Waals surface area (Å²) in [6.07, 6.45) is 2.19. The molecule has 1 fully saturated rings. The minimum atomic E-state index is -0.483. The van der Waals surface area contributed by atoms with E-state index in [4.69, 9.17) is 17.3 Å². The third kappa shape index (κ3) is 3.25. The first-order valence-electron chi connectivity index (χ1n) is 6.32. The van der Waals surface area contributed by atoms with E-state index in [1.807, 2.05) is 0 Å². The molecule has 0 bridgehead atoms. The van der Waals surface area contributed by atoms with E-state index in [-0.39, 0.29) is 21.4 Å². The molecule has 21 heavy (non-hydrogen) atoms. The van der Waals surface area contributed by atoms with Crippen LogP contribution in [-0.4, -0.2) is 16.9 Å². The Labute approximate surface area is 129 Å². The van der Waals surface area contributed by atoms with Gasteiger partial charge < -0.3 is 16.4 Å². The number of nitrogens with one attached hydrogen (secondary N) is 2. The van der Waals surface area contributed by atoms with Gasteiger partial charge in [-0.1, -0.05) is 22.9 Å². The van der Waals surface area contributed by atoms with Gasteiger partial charge in [0.1, 0.15) is 16.5 Å². The summed E-state index contributed by atoms with van der Waals surface area (Å²) in [7, 11) is 0. The van der Waals surface area contributed by atoms with Crippen molar-refractivity contribution in [3.8, 4) is 0 Å². The smallest absolute Gasteiger partial charge is 0.269 e. The lowest BCUT2D eigenvalue weighted by Crippen LogP contribution is -2.12. The van der Waals surface area contributed by atoms with Crippen LogP contribution >= 0.6 is 22.9 Å². The van der Waals surface area contributed by atoms with Gasteiger partial charge in [0.15, 0.2) is 5.13 Å². The number of nitrogen functional groups attached to an aromatic ring is 1. The molecule has 1 aliphatic carbocycles. The standard InChI is InChI=1S/C13H12ClFN4OS/c14-8-4-1-6(15)5-9(8)18-12(20)10-11(16)19-13(21-10)17-7-2-3-7/h1,4-5,7H,2-3,16H2,(H,17,19)(H,18,20). The van der Waals surface area contributed by atoms with Crippen LogP contribution < -0.4 is 16.4 Å². The van der Waals surface area contributed by atoms with Gasteiger partial charge in [-0.05, 0) is 31.0 Å². The number of hydrogen-bond acceptors (Lipinski definition) is 5. The first-order valence-corrected chi connectivity index (χ1v) is 7.51. The Hall–Kier alpha value is -1.86. The SMILES string of the molecule is Nc1nc(NC2CC2)sc1C(=O)Nc1cc(F)ccc1Cl. The van der Waals surface area contributed by atoms with Gasteiger partial charge in [-0.25, -0.2) is 9.37 Å². The molecule has 0 unspecified atom stereocenters. The Morgan fingerprint density at radius 2 is 2.24 bits per heavy atom. The zero-order chi connectivity index (χ0) is 15.0. The van der Waals surface area contributed by atoms with E-state index < -0.39 is 11.7 Å². The Morgan fingerprint density at radius 3 is 2.95 bits per heavy atom. The predicted molar refractivity (Wildman–Crippen MR) is 82.5 cm³/mol. The summed E-state index contributed by atoms with van der Waals surface area (Å²) < 4.78 is 13.2. The van der Waals surface area contributed by atoms with Gasteiger partial charge in [-0.15, -0.1) is 0 Å². The van der Waals surface area contributed by atoms with E-state index >= 15 is 0 Å². The molecule has 1 amide bonds.